The van der Waals surface area contributed by atoms with E-state index < -0.39 is 6.04 Å². The van der Waals surface area contributed by atoms with Crippen LogP contribution < -0.4 is 5.32 Å². The van der Waals surface area contributed by atoms with Crippen LogP contribution in [0.1, 0.15) is 16.7 Å². The highest BCUT2D eigenvalue weighted by Crippen LogP contribution is 2.25. The largest absolute Gasteiger partial charge is 0.357 e. The van der Waals surface area contributed by atoms with Crippen LogP contribution in [0.4, 0.5) is 0 Å². The van der Waals surface area contributed by atoms with Gasteiger partial charge in [0, 0.05) is 25.0 Å². The van der Waals surface area contributed by atoms with E-state index in [9.17, 15) is 9.59 Å². The van der Waals surface area contributed by atoms with Gasteiger partial charge in [0.1, 0.15) is 6.04 Å². The van der Waals surface area contributed by atoms with Crippen molar-refractivity contribution in [2.45, 2.75) is 25.4 Å². The van der Waals surface area contributed by atoms with Crippen LogP contribution in [0.25, 0.3) is 0 Å². The van der Waals surface area contributed by atoms with Crippen LogP contribution in [-0.2, 0) is 29.0 Å². The van der Waals surface area contributed by atoms with Gasteiger partial charge in [0.15, 0.2) is 0 Å². The summed E-state index contributed by atoms with van der Waals surface area (Å²) < 4.78 is 0. The van der Waals surface area contributed by atoms with Gasteiger partial charge >= 0.3 is 0 Å². The summed E-state index contributed by atoms with van der Waals surface area (Å²) in [6.45, 7) is 0.199. The van der Waals surface area contributed by atoms with Crippen molar-refractivity contribution in [2.24, 2.45) is 0 Å². The zero-order valence-corrected chi connectivity index (χ0v) is 19.8. The zero-order chi connectivity index (χ0) is 23.1. The monoisotopic (exact) mass is 488 g/mol. The number of benzene rings is 3. The van der Waals surface area contributed by atoms with Crippen LogP contribution >= 0.6 is 34.8 Å². The van der Waals surface area contributed by atoms with Crippen LogP contribution in [0.2, 0.25) is 15.1 Å². The molecule has 0 aromatic heterocycles. The van der Waals surface area contributed by atoms with E-state index in [-0.39, 0.29) is 24.8 Å². The van der Waals surface area contributed by atoms with E-state index in [2.05, 4.69) is 5.32 Å². The summed E-state index contributed by atoms with van der Waals surface area (Å²) in [7, 11) is 1.57. The number of rotatable bonds is 8. The third-order valence-electron chi connectivity index (χ3n) is 5.15. The molecule has 0 heterocycles. The molecule has 0 unspecified atom stereocenters. The summed E-state index contributed by atoms with van der Waals surface area (Å²) in [6.07, 6.45) is 0.444. The Kier molecular flexibility index (Phi) is 8.57. The summed E-state index contributed by atoms with van der Waals surface area (Å²) >= 11 is 18.5. The highest BCUT2D eigenvalue weighted by Gasteiger charge is 2.30. The van der Waals surface area contributed by atoms with Gasteiger partial charge in [0.05, 0.1) is 16.5 Å². The van der Waals surface area contributed by atoms with E-state index in [0.717, 1.165) is 11.1 Å². The van der Waals surface area contributed by atoms with Gasteiger partial charge in [-0.05, 0) is 34.9 Å². The average Bonchev–Trinajstić information content (AvgIpc) is 2.80. The number of amides is 2. The molecule has 2 amide bonds. The number of likely N-dealkylation sites (N-methyl/N-ethyl adjacent to an activating group) is 1. The smallest absolute Gasteiger partial charge is 0.242 e. The molecule has 0 aliphatic carbocycles. The Bertz CT molecular complexity index is 1090. The van der Waals surface area contributed by atoms with Crippen molar-refractivity contribution in [2.75, 3.05) is 7.05 Å². The van der Waals surface area contributed by atoms with E-state index in [1.165, 1.54) is 0 Å². The maximum atomic E-state index is 13.5. The molecule has 3 rings (SSSR count). The maximum absolute atomic E-state index is 13.5. The Labute approximate surface area is 203 Å². The van der Waals surface area contributed by atoms with Crippen molar-refractivity contribution in [1.82, 2.24) is 10.2 Å². The first-order chi connectivity index (χ1) is 15.4. The lowest BCUT2D eigenvalue weighted by Crippen LogP contribution is -2.50. The summed E-state index contributed by atoms with van der Waals surface area (Å²) in [5.74, 6) is -0.463. The molecule has 0 saturated carbocycles. The van der Waals surface area contributed by atoms with Crippen LogP contribution in [0, 0.1) is 0 Å². The lowest BCUT2D eigenvalue weighted by Gasteiger charge is -2.31. The third kappa shape index (κ3) is 6.26. The van der Waals surface area contributed by atoms with E-state index in [4.69, 9.17) is 34.8 Å². The molecular weight excluding hydrogens is 467 g/mol. The first kappa shape index (κ1) is 24.1. The summed E-state index contributed by atoms with van der Waals surface area (Å²) in [5.41, 5.74) is 2.42. The molecule has 7 heteroatoms. The Morgan fingerprint density at radius 2 is 1.53 bits per heavy atom. The number of nitrogens with zero attached hydrogens (tertiary/aromatic N) is 1. The van der Waals surface area contributed by atoms with E-state index in [0.29, 0.717) is 27.1 Å². The van der Waals surface area contributed by atoms with Gasteiger partial charge in [-0.25, -0.2) is 0 Å². The second-order valence-electron chi connectivity index (χ2n) is 7.36. The Balaban J connectivity index is 1.97. The minimum atomic E-state index is -0.716. The van der Waals surface area contributed by atoms with E-state index >= 15 is 0 Å². The van der Waals surface area contributed by atoms with Crippen molar-refractivity contribution >= 4 is 46.6 Å². The quantitative estimate of drug-likeness (QED) is 0.449. The molecule has 0 aliphatic heterocycles. The predicted octanol–water partition coefficient (Wildman–Crippen LogP) is 5.58. The third-order valence-corrected chi connectivity index (χ3v) is 6.26. The van der Waals surface area contributed by atoms with Crippen molar-refractivity contribution in [3.05, 3.63) is 105 Å². The second kappa shape index (κ2) is 11.4. The van der Waals surface area contributed by atoms with Crippen LogP contribution in [0.3, 0.4) is 0 Å². The highest BCUT2D eigenvalue weighted by atomic mass is 35.5. The number of hydrogen-bond donors (Lipinski definition) is 1. The Morgan fingerprint density at radius 1 is 0.844 bits per heavy atom. The van der Waals surface area contributed by atoms with Gasteiger partial charge in [-0.2, -0.15) is 0 Å². The number of hydrogen-bond acceptors (Lipinski definition) is 2. The van der Waals surface area contributed by atoms with Crippen molar-refractivity contribution in [3.8, 4) is 0 Å². The summed E-state index contributed by atoms with van der Waals surface area (Å²) in [5, 5.41) is 4.02. The van der Waals surface area contributed by atoms with Gasteiger partial charge in [0.2, 0.25) is 11.8 Å². The summed E-state index contributed by atoms with van der Waals surface area (Å²) in [4.78, 5) is 28.0. The lowest BCUT2D eigenvalue weighted by atomic mass is 10.0. The fourth-order valence-corrected chi connectivity index (χ4v) is 3.98. The predicted molar refractivity (Wildman–Crippen MR) is 130 cm³/mol. The fraction of sp³-hybridized carbons (Fsp3) is 0.200. The van der Waals surface area contributed by atoms with Crippen molar-refractivity contribution < 1.29 is 9.59 Å². The molecular formula is C25H23Cl3N2O2. The molecule has 0 spiro atoms. The zero-order valence-electron chi connectivity index (χ0n) is 17.5. The normalized spacial score (nSPS) is 11.6. The molecule has 32 heavy (non-hydrogen) atoms. The number of nitrogens with one attached hydrogen (secondary N) is 1. The van der Waals surface area contributed by atoms with Crippen molar-refractivity contribution in [3.63, 3.8) is 0 Å². The molecule has 1 atom stereocenters. The molecule has 3 aromatic carbocycles. The topological polar surface area (TPSA) is 49.4 Å². The van der Waals surface area contributed by atoms with Crippen LogP contribution in [-0.4, -0.2) is 29.8 Å². The minimum Gasteiger partial charge on any atom is -0.357 e. The molecule has 0 bridgehead atoms. The maximum Gasteiger partial charge on any atom is 0.242 e. The van der Waals surface area contributed by atoms with Crippen LogP contribution in [0.5, 0.6) is 0 Å². The molecule has 0 aliphatic rings. The molecule has 0 radical (unpaired) electrons. The highest BCUT2D eigenvalue weighted by molar-refractivity contribution is 6.42. The van der Waals surface area contributed by atoms with Gasteiger partial charge in [-0.1, -0.05) is 89.4 Å². The van der Waals surface area contributed by atoms with Crippen LogP contribution in [0.15, 0.2) is 72.8 Å². The standard InChI is InChI=1S/C25H23Cl3N2O2/c1-29-25(32)23(14-17-7-3-2-4-8-17)30(16-18-11-12-21(27)22(28)13-18)24(31)15-19-9-5-6-10-20(19)26/h2-13,23H,14-16H2,1H3,(H,29,32)/t23-/m0/s1. The molecule has 0 saturated heterocycles. The summed E-state index contributed by atoms with van der Waals surface area (Å²) in [6, 6.07) is 21.3. The molecule has 166 valence electrons. The number of carbonyl (C=O) groups is 2. The molecule has 1 N–H and O–H groups in total. The minimum absolute atomic E-state index is 0.0727. The SMILES string of the molecule is CNC(=O)[C@H](Cc1ccccc1)N(Cc1ccc(Cl)c(Cl)c1)C(=O)Cc1ccccc1Cl. The number of halogens is 3. The molecule has 3 aromatic rings. The Morgan fingerprint density at radius 3 is 2.19 bits per heavy atom. The molecule has 0 fully saturated rings. The molecule has 4 nitrogen and oxygen atoms in total. The Hall–Kier alpha value is -2.53. The van der Waals surface area contributed by atoms with Crippen molar-refractivity contribution in [1.29, 1.82) is 0 Å². The van der Waals surface area contributed by atoms with E-state index in [1.54, 1.807) is 36.2 Å². The number of carbonyl (C=O) groups excluding carboxylic acids is 2. The fourth-order valence-electron chi connectivity index (χ4n) is 3.46. The van der Waals surface area contributed by atoms with Gasteiger partial charge in [-0.3, -0.25) is 9.59 Å². The lowest BCUT2D eigenvalue weighted by molar-refractivity contribution is -0.140. The van der Waals surface area contributed by atoms with Gasteiger partial charge < -0.3 is 10.2 Å². The first-order valence-electron chi connectivity index (χ1n) is 10.1. The first-order valence-corrected chi connectivity index (χ1v) is 11.2. The van der Waals surface area contributed by atoms with Gasteiger partial charge in [-0.15, -0.1) is 0 Å². The van der Waals surface area contributed by atoms with Gasteiger partial charge in [0.25, 0.3) is 0 Å². The second-order valence-corrected chi connectivity index (χ2v) is 8.58. The average molecular weight is 490 g/mol. The van der Waals surface area contributed by atoms with E-state index in [1.807, 2.05) is 48.5 Å².